The minimum atomic E-state index is 0.0673. The third-order valence-corrected chi connectivity index (χ3v) is 3.89. The second-order valence-electron chi connectivity index (χ2n) is 5.59. The summed E-state index contributed by atoms with van der Waals surface area (Å²) in [7, 11) is 0. The summed E-state index contributed by atoms with van der Waals surface area (Å²) < 4.78 is 0. The highest BCUT2D eigenvalue weighted by Gasteiger charge is 2.12. The summed E-state index contributed by atoms with van der Waals surface area (Å²) in [5, 5.41) is 3.07. The Kier molecular flexibility index (Phi) is 7.31. The molecule has 3 N–H and O–H groups in total. The molecule has 1 aromatic carbocycles. The van der Waals surface area contributed by atoms with E-state index in [0.717, 1.165) is 24.8 Å². The number of hydrogen-bond acceptors (Lipinski definition) is 2. The fourth-order valence-electron chi connectivity index (χ4n) is 2.38. The molecule has 1 aromatic rings. The number of rotatable bonds is 8. The van der Waals surface area contributed by atoms with E-state index in [4.69, 9.17) is 5.73 Å². The van der Waals surface area contributed by atoms with Crippen molar-refractivity contribution in [2.24, 2.45) is 11.7 Å². The monoisotopic (exact) mass is 276 g/mol. The van der Waals surface area contributed by atoms with Crippen LogP contribution in [-0.2, 0) is 4.79 Å². The first-order valence-electron chi connectivity index (χ1n) is 7.62. The van der Waals surface area contributed by atoms with E-state index in [-0.39, 0.29) is 11.9 Å². The van der Waals surface area contributed by atoms with Crippen molar-refractivity contribution in [3.05, 3.63) is 35.4 Å². The van der Waals surface area contributed by atoms with Crippen LogP contribution in [0.1, 0.15) is 56.7 Å². The van der Waals surface area contributed by atoms with Crippen LogP contribution < -0.4 is 11.1 Å². The largest absolute Gasteiger partial charge is 0.350 e. The summed E-state index contributed by atoms with van der Waals surface area (Å²) >= 11 is 0. The Bertz CT molecular complexity index is 400. The van der Waals surface area contributed by atoms with E-state index in [0.29, 0.717) is 18.9 Å². The molecule has 0 aromatic heterocycles. The van der Waals surface area contributed by atoms with Gasteiger partial charge in [-0.3, -0.25) is 4.79 Å². The van der Waals surface area contributed by atoms with Crippen LogP contribution in [-0.4, -0.2) is 12.5 Å². The van der Waals surface area contributed by atoms with Crippen molar-refractivity contribution < 1.29 is 4.79 Å². The Morgan fingerprint density at radius 3 is 2.45 bits per heavy atom. The zero-order valence-corrected chi connectivity index (χ0v) is 13.0. The SMILES string of the molecule is CCC(CCN)CCC(=O)N[C@@H](C)c1ccc(C)cc1. The van der Waals surface area contributed by atoms with Crippen LogP contribution in [0.25, 0.3) is 0 Å². The molecule has 0 aliphatic rings. The molecule has 2 atom stereocenters. The number of aryl methyl sites for hydroxylation is 1. The third kappa shape index (κ3) is 5.74. The summed E-state index contributed by atoms with van der Waals surface area (Å²) in [6, 6.07) is 8.36. The van der Waals surface area contributed by atoms with Crippen molar-refractivity contribution in [2.45, 2.75) is 52.5 Å². The Morgan fingerprint density at radius 2 is 1.90 bits per heavy atom. The number of amides is 1. The highest BCUT2D eigenvalue weighted by Crippen LogP contribution is 2.16. The smallest absolute Gasteiger partial charge is 0.220 e. The van der Waals surface area contributed by atoms with Gasteiger partial charge in [-0.25, -0.2) is 0 Å². The molecule has 0 aliphatic carbocycles. The van der Waals surface area contributed by atoms with Crippen molar-refractivity contribution in [1.29, 1.82) is 0 Å². The minimum absolute atomic E-state index is 0.0673. The van der Waals surface area contributed by atoms with Gasteiger partial charge in [0.05, 0.1) is 6.04 Å². The van der Waals surface area contributed by atoms with Gasteiger partial charge in [-0.1, -0.05) is 43.2 Å². The normalized spacial score (nSPS) is 13.8. The third-order valence-electron chi connectivity index (χ3n) is 3.89. The number of nitrogens with one attached hydrogen (secondary N) is 1. The Hall–Kier alpha value is -1.35. The summed E-state index contributed by atoms with van der Waals surface area (Å²) in [5.74, 6) is 0.703. The van der Waals surface area contributed by atoms with Gasteiger partial charge in [-0.2, -0.15) is 0 Å². The van der Waals surface area contributed by atoms with Crippen LogP contribution in [0.15, 0.2) is 24.3 Å². The molecule has 0 saturated carbocycles. The molecule has 0 radical (unpaired) electrons. The molecule has 0 heterocycles. The van der Waals surface area contributed by atoms with Crippen LogP contribution in [0.4, 0.5) is 0 Å². The van der Waals surface area contributed by atoms with E-state index in [1.54, 1.807) is 0 Å². The van der Waals surface area contributed by atoms with Crippen molar-refractivity contribution in [3.8, 4) is 0 Å². The van der Waals surface area contributed by atoms with Crippen molar-refractivity contribution in [2.75, 3.05) is 6.54 Å². The van der Waals surface area contributed by atoms with Gasteiger partial charge >= 0.3 is 0 Å². The van der Waals surface area contributed by atoms with Gasteiger partial charge in [0.15, 0.2) is 0 Å². The fourth-order valence-corrected chi connectivity index (χ4v) is 2.38. The lowest BCUT2D eigenvalue weighted by Gasteiger charge is -2.17. The maximum absolute atomic E-state index is 12.0. The van der Waals surface area contributed by atoms with Gasteiger partial charge < -0.3 is 11.1 Å². The molecule has 112 valence electrons. The maximum Gasteiger partial charge on any atom is 0.220 e. The number of carbonyl (C=O) groups excluding carboxylic acids is 1. The minimum Gasteiger partial charge on any atom is -0.350 e. The summed E-state index contributed by atoms with van der Waals surface area (Å²) in [6.45, 7) is 6.96. The first-order chi connectivity index (χ1) is 9.56. The summed E-state index contributed by atoms with van der Waals surface area (Å²) in [5.41, 5.74) is 7.97. The van der Waals surface area contributed by atoms with Crippen molar-refractivity contribution in [1.82, 2.24) is 5.32 Å². The van der Waals surface area contributed by atoms with E-state index in [2.05, 4.69) is 43.4 Å². The Labute approximate surface area is 122 Å². The molecule has 0 fully saturated rings. The lowest BCUT2D eigenvalue weighted by molar-refractivity contribution is -0.122. The number of carbonyl (C=O) groups is 1. The second-order valence-corrected chi connectivity index (χ2v) is 5.59. The average Bonchev–Trinajstić information content (AvgIpc) is 2.44. The molecule has 0 aliphatic heterocycles. The fraction of sp³-hybridized carbons (Fsp3) is 0.588. The van der Waals surface area contributed by atoms with E-state index in [1.807, 2.05) is 6.92 Å². The summed E-state index contributed by atoms with van der Waals surface area (Å²) in [4.78, 5) is 12.0. The highest BCUT2D eigenvalue weighted by molar-refractivity contribution is 5.76. The molecule has 0 spiro atoms. The molecule has 1 rings (SSSR count). The Morgan fingerprint density at radius 1 is 1.25 bits per heavy atom. The lowest BCUT2D eigenvalue weighted by Crippen LogP contribution is -2.27. The zero-order chi connectivity index (χ0) is 15.0. The predicted octanol–water partition coefficient (Wildman–Crippen LogP) is 3.33. The maximum atomic E-state index is 12.0. The highest BCUT2D eigenvalue weighted by atomic mass is 16.1. The van der Waals surface area contributed by atoms with Gasteiger partial charge in [0.2, 0.25) is 5.91 Å². The van der Waals surface area contributed by atoms with Crippen LogP contribution >= 0.6 is 0 Å². The van der Waals surface area contributed by atoms with Crippen molar-refractivity contribution >= 4 is 5.91 Å². The van der Waals surface area contributed by atoms with Gasteiger partial charge in [0.1, 0.15) is 0 Å². The van der Waals surface area contributed by atoms with Gasteiger partial charge in [-0.15, -0.1) is 0 Å². The summed E-state index contributed by atoms with van der Waals surface area (Å²) in [6.07, 6.45) is 3.63. The van der Waals surface area contributed by atoms with Gasteiger partial charge in [0, 0.05) is 6.42 Å². The standard InChI is InChI=1S/C17H28N2O/c1-4-15(11-12-18)7-10-17(20)19-14(3)16-8-5-13(2)6-9-16/h5-6,8-9,14-15H,4,7,10-12,18H2,1-3H3,(H,19,20)/t14-,15?/m0/s1. The lowest BCUT2D eigenvalue weighted by atomic mass is 9.96. The van der Waals surface area contributed by atoms with Crippen LogP contribution in [0.3, 0.4) is 0 Å². The van der Waals surface area contributed by atoms with Gasteiger partial charge in [-0.05, 0) is 44.7 Å². The molecule has 0 bridgehead atoms. The molecular formula is C17H28N2O. The van der Waals surface area contributed by atoms with E-state index >= 15 is 0 Å². The average molecular weight is 276 g/mol. The van der Waals surface area contributed by atoms with E-state index in [9.17, 15) is 4.79 Å². The van der Waals surface area contributed by atoms with Crippen LogP contribution in [0, 0.1) is 12.8 Å². The molecule has 1 unspecified atom stereocenters. The van der Waals surface area contributed by atoms with Crippen LogP contribution in [0.2, 0.25) is 0 Å². The molecule has 3 nitrogen and oxygen atoms in total. The first kappa shape index (κ1) is 16.7. The topological polar surface area (TPSA) is 55.1 Å². The molecular weight excluding hydrogens is 248 g/mol. The van der Waals surface area contributed by atoms with Crippen LogP contribution in [0.5, 0.6) is 0 Å². The first-order valence-corrected chi connectivity index (χ1v) is 7.62. The predicted molar refractivity (Wildman–Crippen MR) is 84.4 cm³/mol. The second kappa shape index (κ2) is 8.75. The molecule has 20 heavy (non-hydrogen) atoms. The quantitative estimate of drug-likeness (QED) is 0.765. The number of benzene rings is 1. The molecule has 0 saturated heterocycles. The number of nitrogens with two attached hydrogens (primary N) is 1. The molecule has 1 amide bonds. The van der Waals surface area contributed by atoms with Crippen molar-refractivity contribution in [3.63, 3.8) is 0 Å². The zero-order valence-electron chi connectivity index (χ0n) is 13.0. The van der Waals surface area contributed by atoms with E-state index in [1.165, 1.54) is 5.56 Å². The van der Waals surface area contributed by atoms with E-state index < -0.39 is 0 Å². The number of hydrogen-bond donors (Lipinski definition) is 2. The van der Waals surface area contributed by atoms with Gasteiger partial charge in [0.25, 0.3) is 0 Å². The molecule has 3 heteroatoms. The Balaban J connectivity index is 2.39.